The third-order valence-electron chi connectivity index (χ3n) is 8.03. The molecule has 7 nitrogen and oxygen atoms in total. The van der Waals surface area contributed by atoms with Gasteiger partial charge in [0.15, 0.2) is 0 Å². The summed E-state index contributed by atoms with van der Waals surface area (Å²) in [6, 6.07) is 17.6. The average molecular weight is 526 g/mol. The highest BCUT2D eigenvalue weighted by molar-refractivity contribution is 5.95. The molecule has 1 N–H and O–H groups in total. The molecular formula is C28H30F3N5O2. The number of ether oxygens (including phenoxy) is 1. The maximum absolute atomic E-state index is 13.8. The lowest BCUT2D eigenvalue weighted by Gasteiger charge is -2.48. The molecule has 1 aromatic heterocycles. The highest BCUT2D eigenvalue weighted by atomic mass is 19.4. The summed E-state index contributed by atoms with van der Waals surface area (Å²) < 4.78 is 44.4. The number of carbonyl (C=O) groups is 1. The van der Waals surface area contributed by atoms with Crippen LogP contribution in [0.5, 0.6) is 5.75 Å². The van der Waals surface area contributed by atoms with Gasteiger partial charge in [-0.15, -0.1) is 0 Å². The second-order valence-electron chi connectivity index (χ2n) is 9.99. The minimum atomic E-state index is -4.65. The van der Waals surface area contributed by atoms with E-state index in [1.165, 1.54) is 10.5 Å². The van der Waals surface area contributed by atoms with Crippen molar-refractivity contribution in [2.24, 2.45) is 0 Å². The lowest BCUT2D eigenvalue weighted by Crippen LogP contribution is -2.54. The molecule has 0 bridgehead atoms. The van der Waals surface area contributed by atoms with Crippen molar-refractivity contribution in [1.82, 2.24) is 20.2 Å². The number of hydrogen-bond donors (Lipinski definition) is 1. The third kappa shape index (κ3) is 4.69. The Kier molecular flexibility index (Phi) is 6.77. The predicted molar refractivity (Wildman–Crippen MR) is 137 cm³/mol. The van der Waals surface area contributed by atoms with Crippen molar-refractivity contribution < 1.29 is 22.7 Å². The molecule has 1 saturated heterocycles. The SMILES string of the molecule is CN[C@]1(c2ccccc2)CC[C@@]2(CC1)CN(c1cnc(C(F)(F)F)nc1)C(=O)N2Cc1ccc(OC)cc1. The van der Waals surface area contributed by atoms with Crippen molar-refractivity contribution in [3.63, 3.8) is 0 Å². The standard InChI is InChI=1S/C28H30F3N5O2/c1-32-27(21-6-4-3-5-7-21)14-12-26(13-15-27)19-35(22-16-33-24(34-17-22)28(29,30)31)25(37)36(26)18-20-8-10-23(38-2)11-9-20/h3-11,16-17,32H,12-15,18-19H2,1-2H3/t26-,27-. The van der Waals surface area contributed by atoms with Crippen LogP contribution in [0.3, 0.4) is 0 Å². The molecule has 0 radical (unpaired) electrons. The number of amides is 2. The molecule has 1 aliphatic carbocycles. The van der Waals surface area contributed by atoms with E-state index in [0.29, 0.717) is 13.1 Å². The molecule has 10 heteroatoms. The molecule has 0 atom stereocenters. The molecule has 1 saturated carbocycles. The molecule has 0 unspecified atom stereocenters. The van der Waals surface area contributed by atoms with Gasteiger partial charge in [-0.25, -0.2) is 14.8 Å². The zero-order valence-corrected chi connectivity index (χ0v) is 21.3. The monoisotopic (exact) mass is 525 g/mol. The molecule has 1 spiro atoms. The van der Waals surface area contributed by atoms with Crippen LogP contribution in [0.25, 0.3) is 0 Å². The topological polar surface area (TPSA) is 70.6 Å². The first kappa shape index (κ1) is 26.0. The average Bonchev–Trinajstić information content (AvgIpc) is 3.20. The zero-order chi connectivity index (χ0) is 27.0. The molecule has 1 aliphatic heterocycles. The maximum Gasteiger partial charge on any atom is 0.451 e. The van der Waals surface area contributed by atoms with Crippen LogP contribution >= 0.6 is 0 Å². The summed E-state index contributed by atoms with van der Waals surface area (Å²) in [6.45, 7) is 0.726. The summed E-state index contributed by atoms with van der Waals surface area (Å²) in [5.41, 5.74) is 1.70. The van der Waals surface area contributed by atoms with Crippen molar-refractivity contribution in [1.29, 1.82) is 0 Å². The van der Waals surface area contributed by atoms with E-state index in [2.05, 4.69) is 27.4 Å². The number of alkyl halides is 3. The molecule has 2 heterocycles. The molecule has 38 heavy (non-hydrogen) atoms. The number of halogens is 3. The number of hydrogen-bond acceptors (Lipinski definition) is 5. The Bertz CT molecular complexity index is 1260. The maximum atomic E-state index is 13.8. The summed E-state index contributed by atoms with van der Waals surface area (Å²) in [4.78, 5) is 24.2. The Labute approximate surface area is 219 Å². The van der Waals surface area contributed by atoms with E-state index in [1.54, 1.807) is 7.11 Å². The molecule has 200 valence electrons. The number of nitrogens with zero attached hydrogens (tertiary/aromatic N) is 4. The van der Waals surface area contributed by atoms with Crippen molar-refractivity contribution in [3.8, 4) is 5.75 Å². The second-order valence-corrected chi connectivity index (χ2v) is 9.99. The van der Waals surface area contributed by atoms with E-state index in [-0.39, 0.29) is 17.3 Å². The van der Waals surface area contributed by atoms with Crippen LogP contribution in [0, 0.1) is 0 Å². The van der Waals surface area contributed by atoms with Gasteiger partial charge in [-0.1, -0.05) is 42.5 Å². The van der Waals surface area contributed by atoms with E-state index in [9.17, 15) is 18.0 Å². The van der Waals surface area contributed by atoms with Gasteiger partial charge in [0.1, 0.15) is 5.75 Å². The summed E-state index contributed by atoms with van der Waals surface area (Å²) >= 11 is 0. The zero-order valence-electron chi connectivity index (χ0n) is 21.3. The Morgan fingerprint density at radius 1 is 0.974 bits per heavy atom. The lowest BCUT2D eigenvalue weighted by molar-refractivity contribution is -0.144. The van der Waals surface area contributed by atoms with Crippen molar-refractivity contribution >= 4 is 11.7 Å². The smallest absolute Gasteiger partial charge is 0.451 e. The van der Waals surface area contributed by atoms with Crippen LogP contribution in [0.2, 0.25) is 0 Å². The summed E-state index contributed by atoms with van der Waals surface area (Å²) in [5.74, 6) is -0.504. The highest BCUT2D eigenvalue weighted by Crippen LogP contribution is 2.48. The number of nitrogens with one attached hydrogen (secondary N) is 1. The van der Waals surface area contributed by atoms with Crippen LogP contribution in [-0.4, -0.2) is 47.1 Å². The van der Waals surface area contributed by atoms with E-state index in [4.69, 9.17) is 4.74 Å². The fraction of sp³-hybridized carbons (Fsp3) is 0.393. The summed E-state index contributed by atoms with van der Waals surface area (Å²) in [5, 5.41) is 3.53. The Hall–Kier alpha value is -3.66. The van der Waals surface area contributed by atoms with Gasteiger partial charge in [-0.2, -0.15) is 13.2 Å². The van der Waals surface area contributed by atoms with E-state index >= 15 is 0 Å². The van der Waals surface area contributed by atoms with E-state index in [1.807, 2.05) is 54.4 Å². The molecule has 2 aromatic carbocycles. The van der Waals surface area contributed by atoms with Gasteiger partial charge in [-0.05, 0) is 56.0 Å². The van der Waals surface area contributed by atoms with Crippen LogP contribution in [0.4, 0.5) is 23.7 Å². The van der Waals surface area contributed by atoms with Crippen LogP contribution in [0.15, 0.2) is 67.0 Å². The first-order valence-electron chi connectivity index (χ1n) is 12.6. The molecule has 2 amide bonds. The van der Waals surface area contributed by atoms with E-state index < -0.39 is 17.5 Å². The van der Waals surface area contributed by atoms with Gasteiger partial charge in [0.2, 0.25) is 5.82 Å². The summed E-state index contributed by atoms with van der Waals surface area (Å²) in [7, 11) is 3.56. The van der Waals surface area contributed by atoms with Crippen molar-refractivity contribution in [2.45, 2.75) is 49.5 Å². The lowest BCUT2D eigenvalue weighted by atomic mass is 9.69. The number of carbonyl (C=O) groups excluding carboxylic acids is 1. The molecule has 2 fully saturated rings. The number of aromatic nitrogens is 2. The fourth-order valence-corrected chi connectivity index (χ4v) is 5.76. The normalized spacial score (nSPS) is 23.8. The number of methoxy groups -OCH3 is 1. The van der Waals surface area contributed by atoms with Gasteiger partial charge < -0.3 is 15.0 Å². The highest BCUT2D eigenvalue weighted by Gasteiger charge is 2.54. The molecule has 5 rings (SSSR count). The molecular weight excluding hydrogens is 495 g/mol. The van der Waals surface area contributed by atoms with Crippen molar-refractivity contribution in [3.05, 3.63) is 83.9 Å². The van der Waals surface area contributed by atoms with Gasteiger partial charge in [-0.3, -0.25) is 4.90 Å². The fourth-order valence-electron chi connectivity index (χ4n) is 5.76. The Morgan fingerprint density at radius 3 is 2.16 bits per heavy atom. The minimum absolute atomic E-state index is 0.216. The minimum Gasteiger partial charge on any atom is -0.497 e. The third-order valence-corrected chi connectivity index (χ3v) is 8.03. The molecule has 2 aliphatic rings. The van der Waals surface area contributed by atoms with Gasteiger partial charge in [0.25, 0.3) is 0 Å². The van der Waals surface area contributed by atoms with Crippen molar-refractivity contribution in [2.75, 3.05) is 25.6 Å². The number of anilines is 1. The van der Waals surface area contributed by atoms with Gasteiger partial charge in [0, 0.05) is 12.1 Å². The number of benzene rings is 2. The number of urea groups is 1. The molecule has 3 aromatic rings. The Balaban J connectivity index is 1.46. The van der Waals surface area contributed by atoms with Gasteiger partial charge in [0.05, 0.1) is 37.3 Å². The van der Waals surface area contributed by atoms with Gasteiger partial charge >= 0.3 is 12.2 Å². The largest absolute Gasteiger partial charge is 0.497 e. The van der Waals surface area contributed by atoms with Crippen LogP contribution < -0.4 is 15.0 Å². The predicted octanol–water partition coefficient (Wildman–Crippen LogP) is 5.37. The quantitative estimate of drug-likeness (QED) is 0.468. The van der Waals surface area contributed by atoms with Crippen LogP contribution in [0.1, 0.15) is 42.6 Å². The van der Waals surface area contributed by atoms with E-state index in [0.717, 1.165) is 49.4 Å². The number of rotatable bonds is 6. The second kappa shape index (κ2) is 9.90. The first-order chi connectivity index (χ1) is 18.2. The Morgan fingerprint density at radius 2 is 1.61 bits per heavy atom. The summed E-state index contributed by atoms with van der Waals surface area (Å²) in [6.07, 6.45) is 0.582. The first-order valence-corrected chi connectivity index (χ1v) is 12.6. The van der Waals surface area contributed by atoms with Crippen LogP contribution in [-0.2, 0) is 18.3 Å².